The van der Waals surface area contributed by atoms with Crippen LogP contribution in [-0.2, 0) is 17.9 Å². The van der Waals surface area contributed by atoms with E-state index in [4.69, 9.17) is 9.40 Å². The van der Waals surface area contributed by atoms with Crippen LogP contribution in [0.1, 0.15) is 34.5 Å². The lowest BCUT2D eigenvalue weighted by Gasteiger charge is -2.22. The molecule has 0 spiro atoms. The third-order valence-corrected chi connectivity index (χ3v) is 7.41. The largest absolute Gasteiger partial charge is 0.464 e. The summed E-state index contributed by atoms with van der Waals surface area (Å²) < 4.78 is 7.44. The maximum absolute atomic E-state index is 13.1. The summed E-state index contributed by atoms with van der Waals surface area (Å²) in [4.78, 5) is 34.2. The molecule has 1 fully saturated rings. The molecule has 2 aliphatic heterocycles. The van der Waals surface area contributed by atoms with E-state index in [2.05, 4.69) is 15.7 Å². The molecule has 2 N–H and O–H groups in total. The van der Waals surface area contributed by atoms with Crippen molar-refractivity contribution in [2.75, 3.05) is 30.9 Å². The number of carbonyl (C=O) groups excluding carboxylic acids is 2. The van der Waals surface area contributed by atoms with Crippen LogP contribution in [0.5, 0.6) is 0 Å². The highest BCUT2D eigenvalue weighted by molar-refractivity contribution is 6.08. The molecule has 1 saturated heterocycles. The van der Waals surface area contributed by atoms with E-state index in [-0.39, 0.29) is 11.8 Å². The molecule has 0 saturated carbocycles. The molecule has 0 radical (unpaired) electrons. The molecule has 2 aliphatic rings. The SMILES string of the molecule is CN(C)Cc1nc(Nc2ccc(-c3cnn4ccc5occc5c34)c3c2C(=O)NC3)ccc1N1CCCC1=O. The van der Waals surface area contributed by atoms with Gasteiger partial charge in [0.1, 0.15) is 11.4 Å². The summed E-state index contributed by atoms with van der Waals surface area (Å²) in [6, 6.07) is 11.6. The quantitative estimate of drug-likeness (QED) is 0.343. The Bertz CT molecular complexity index is 1780. The van der Waals surface area contributed by atoms with Crippen LogP contribution in [0.2, 0.25) is 0 Å². The summed E-state index contributed by atoms with van der Waals surface area (Å²) in [5.41, 5.74) is 7.45. The average Bonchev–Trinajstić information content (AvgIpc) is 3.71. The van der Waals surface area contributed by atoms with Crippen molar-refractivity contribution in [3.05, 3.63) is 71.9 Å². The minimum absolute atomic E-state index is 0.128. The summed E-state index contributed by atoms with van der Waals surface area (Å²) in [7, 11) is 3.95. The molecule has 2 amide bonds. The van der Waals surface area contributed by atoms with Crippen molar-refractivity contribution in [1.82, 2.24) is 24.8 Å². The van der Waals surface area contributed by atoms with Gasteiger partial charge in [-0.25, -0.2) is 9.50 Å². The molecule has 0 atom stereocenters. The normalized spacial score (nSPS) is 15.1. The van der Waals surface area contributed by atoms with E-state index in [0.717, 1.165) is 51.0 Å². The molecular formula is C29H27N7O3. The minimum Gasteiger partial charge on any atom is -0.464 e. The van der Waals surface area contributed by atoms with Crippen molar-refractivity contribution in [1.29, 1.82) is 0 Å². The standard InChI is InChI=1S/C29H27N7O3/c1-34(2)16-22-23(35-11-3-4-26(35)37)7-8-25(33-22)32-21-6-5-17(19-14-30-29(38)27(19)21)20-15-31-36-12-9-24-18(28(20)36)10-13-39-24/h5-10,12-13,15H,3-4,11,14,16H2,1-2H3,(H,30,38)(H,32,33). The Balaban J connectivity index is 1.29. The predicted molar refractivity (Wildman–Crippen MR) is 148 cm³/mol. The lowest BCUT2D eigenvalue weighted by atomic mass is 9.95. The summed E-state index contributed by atoms with van der Waals surface area (Å²) in [6.07, 6.45) is 6.80. The maximum atomic E-state index is 13.1. The highest BCUT2D eigenvalue weighted by Crippen LogP contribution is 2.39. The van der Waals surface area contributed by atoms with Gasteiger partial charge < -0.3 is 24.9 Å². The van der Waals surface area contributed by atoms with Crippen molar-refractivity contribution >= 4 is 45.5 Å². The van der Waals surface area contributed by atoms with Crippen LogP contribution < -0.4 is 15.5 Å². The van der Waals surface area contributed by atoms with Gasteiger partial charge >= 0.3 is 0 Å². The van der Waals surface area contributed by atoms with E-state index in [1.165, 1.54) is 0 Å². The number of hydrogen-bond donors (Lipinski definition) is 2. The molecule has 0 aliphatic carbocycles. The van der Waals surface area contributed by atoms with Gasteiger partial charge in [0.2, 0.25) is 5.91 Å². The second-order valence-electron chi connectivity index (χ2n) is 10.2. The van der Waals surface area contributed by atoms with Gasteiger partial charge in [-0.15, -0.1) is 0 Å². The first kappa shape index (κ1) is 23.4. The Hall–Kier alpha value is -4.70. The number of rotatable bonds is 6. The van der Waals surface area contributed by atoms with E-state index in [1.807, 2.05) is 77.2 Å². The topological polar surface area (TPSA) is 108 Å². The fourth-order valence-corrected chi connectivity index (χ4v) is 5.70. The van der Waals surface area contributed by atoms with Gasteiger partial charge in [0.25, 0.3) is 5.91 Å². The van der Waals surface area contributed by atoms with Gasteiger partial charge in [-0.2, -0.15) is 5.10 Å². The molecule has 7 rings (SSSR count). The van der Waals surface area contributed by atoms with Crippen molar-refractivity contribution in [3.63, 3.8) is 0 Å². The Morgan fingerprint density at radius 2 is 2.00 bits per heavy atom. The second kappa shape index (κ2) is 8.95. The number of nitrogens with zero attached hydrogens (tertiary/aromatic N) is 5. The molecule has 0 unspecified atom stereocenters. The Kier molecular flexibility index (Phi) is 5.38. The van der Waals surface area contributed by atoms with Gasteiger partial charge in [-0.3, -0.25) is 9.59 Å². The number of pyridine rings is 2. The zero-order chi connectivity index (χ0) is 26.7. The first-order valence-electron chi connectivity index (χ1n) is 13.0. The molecule has 39 heavy (non-hydrogen) atoms. The van der Waals surface area contributed by atoms with Crippen LogP contribution in [0.4, 0.5) is 17.2 Å². The highest BCUT2D eigenvalue weighted by atomic mass is 16.3. The molecule has 10 heteroatoms. The Morgan fingerprint density at radius 1 is 1.10 bits per heavy atom. The fraction of sp³-hybridized carbons (Fsp3) is 0.241. The third-order valence-electron chi connectivity index (χ3n) is 7.41. The predicted octanol–water partition coefficient (Wildman–Crippen LogP) is 4.32. The number of amides is 2. The van der Waals surface area contributed by atoms with Crippen molar-refractivity contribution in [2.45, 2.75) is 25.9 Å². The number of fused-ring (bicyclic) bond motifs is 4. The van der Waals surface area contributed by atoms with Crippen LogP contribution in [0.15, 0.2) is 59.5 Å². The molecule has 4 aromatic heterocycles. The number of carbonyl (C=O) groups is 2. The number of benzene rings is 1. The zero-order valence-corrected chi connectivity index (χ0v) is 21.7. The molecule has 10 nitrogen and oxygen atoms in total. The van der Waals surface area contributed by atoms with Gasteiger partial charge in [-0.05, 0) is 62.0 Å². The van der Waals surface area contributed by atoms with Crippen LogP contribution in [-0.4, -0.2) is 52.0 Å². The molecular weight excluding hydrogens is 494 g/mol. The molecule has 196 valence electrons. The van der Waals surface area contributed by atoms with E-state index < -0.39 is 0 Å². The molecule has 6 heterocycles. The summed E-state index contributed by atoms with van der Waals surface area (Å²) in [5.74, 6) is 0.614. The first-order chi connectivity index (χ1) is 19.0. The third kappa shape index (κ3) is 3.83. The highest BCUT2D eigenvalue weighted by Gasteiger charge is 2.29. The molecule has 5 aromatic rings. The van der Waals surface area contributed by atoms with Gasteiger partial charge in [-0.1, -0.05) is 6.07 Å². The van der Waals surface area contributed by atoms with Crippen LogP contribution in [0, 0.1) is 0 Å². The number of nitrogens with one attached hydrogen (secondary N) is 2. The lowest BCUT2D eigenvalue weighted by Crippen LogP contribution is -2.26. The minimum atomic E-state index is -0.132. The molecule has 0 bridgehead atoms. The summed E-state index contributed by atoms with van der Waals surface area (Å²) in [6.45, 7) is 1.72. The lowest BCUT2D eigenvalue weighted by molar-refractivity contribution is -0.117. The second-order valence-corrected chi connectivity index (χ2v) is 10.2. The maximum Gasteiger partial charge on any atom is 0.254 e. The van der Waals surface area contributed by atoms with Crippen LogP contribution in [0.25, 0.3) is 27.6 Å². The summed E-state index contributed by atoms with van der Waals surface area (Å²) >= 11 is 0. The summed E-state index contributed by atoms with van der Waals surface area (Å²) in [5, 5.41) is 11.9. The van der Waals surface area contributed by atoms with Crippen LogP contribution in [0.3, 0.4) is 0 Å². The number of aromatic nitrogens is 3. The van der Waals surface area contributed by atoms with Gasteiger partial charge in [0.05, 0.1) is 40.6 Å². The van der Waals surface area contributed by atoms with Gasteiger partial charge in [0, 0.05) is 43.2 Å². The Labute approximate surface area is 224 Å². The average molecular weight is 522 g/mol. The van der Waals surface area contributed by atoms with E-state index in [0.29, 0.717) is 43.1 Å². The van der Waals surface area contributed by atoms with Gasteiger partial charge in [0.15, 0.2) is 0 Å². The van der Waals surface area contributed by atoms with Crippen molar-refractivity contribution in [2.24, 2.45) is 0 Å². The van der Waals surface area contributed by atoms with Crippen molar-refractivity contribution in [3.8, 4) is 11.1 Å². The van der Waals surface area contributed by atoms with E-state index in [1.54, 1.807) is 6.26 Å². The number of furan rings is 1. The van der Waals surface area contributed by atoms with Crippen LogP contribution >= 0.6 is 0 Å². The Morgan fingerprint density at radius 3 is 2.82 bits per heavy atom. The van der Waals surface area contributed by atoms with Crippen molar-refractivity contribution < 1.29 is 14.0 Å². The molecule has 1 aromatic carbocycles. The number of hydrogen-bond acceptors (Lipinski definition) is 7. The number of anilines is 3. The first-order valence-corrected chi connectivity index (χ1v) is 13.0. The van der Waals surface area contributed by atoms with E-state index >= 15 is 0 Å². The fourth-order valence-electron chi connectivity index (χ4n) is 5.70. The van der Waals surface area contributed by atoms with E-state index in [9.17, 15) is 9.59 Å². The monoisotopic (exact) mass is 521 g/mol. The zero-order valence-electron chi connectivity index (χ0n) is 21.7. The smallest absolute Gasteiger partial charge is 0.254 e.